The van der Waals surface area contributed by atoms with Crippen LogP contribution in [0, 0.1) is 0 Å². The molecule has 7 rings (SSSR count). The lowest BCUT2D eigenvalue weighted by Gasteiger charge is -2.32. The molecule has 0 saturated carbocycles. The summed E-state index contributed by atoms with van der Waals surface area (Å²) in [7, 11) is -0.539. The lowest BCUT2D eigenvalue weighted by atomic mass is 9.78. The Labute approximate surface area is 191 Å². The van der Waals surface area contributed by atoms with E-state index in [-0.39, 0.29) is 0 Å². The Morgan fingerprint density at radius 3 is 2.12 bits per heavy atom. The van der Waals surface area contributed by atoms with Crippen molar-refractivity contribution in [2.75, 3.05) is 0 Å². The first-order chi connectivity index (χ1) is 15.8. The summed E-state index contributed by atoms with van der Waals surface area (Å²) in [5, 5.41) is 6.41. The van der Waals surface area contributed by atoms with Crippen molar-refractivity contribution in [2.45, 2.75) is 38.9 Å². The zero-order valence-electron chi connectivity index (χ0n) is 19.1. The van der Waals surface area contributed by atoms with Gasteiger partial charge in [-0.1, -0.05) is 48.5 Å². The van der Waals surface area contributed by atoms with Crippen LogP contribution in [0.4, 0.5) is 0 Å². The summed E-state index contributed by atoms with van der Waals surface area (Å²) in [5.41, 5.74) is 3.22. The van der Waals surface area contributed by atoms with E-state index >= 15 is 0 Å². The molecule has 0 radical (unpaired) electrons. The second-order valence-electron chi connectivity index (χ2n) is 9.99. The minimum atomic E-state index is -0.539. The molecular weight excluding hydrogens is 411 g/mol. The SMILES string of the molecule is CC1(C)OB(c2ccc3oc4cccc5c6ccc7ccccc7c6oc2c3c45)OC1(C)C. The van der Waals surface area contributed by atoms with Crippen LogP contribution in [0.5, 0.6) is 0 Å². The third kappa shape index (κ3) is 2.49. The normalized spacial score (nSPS) is 17.9. The molecule has 1 fully saturated rings. The molecule has 0 bridgehead atoms. The first-order valence-corrected chi connectivity index (χ1v) is 11.4. The van der Waals surface area contributed by atoms with E-state index in [0.29, 0.717) is 0 Å². The summed E-state index contributed by atoms with van der Waals surface area (Å²) >= 11 is 0. The first kappa shape index (κ1) is 19.2. The first-order valence-electron chi connectivity index (χ1n) is 11.4. The van der Waals surface area contributed by atoms with Gasteiger partial charge in [0.2, 0.25) is 0 Å². The maximum absolute atomic E-state index is 6.85. The van der Waals surface area contributed by atoms with Gasteiger partial charge < -0.3 is 18.1 Å². The van der Waals surface area contributed by atoms with Gasteiger partial charge >= 0.3 is 7.12 Å². The predicted octanol–water partition coefficient (Wildman–Crippen LogP) is 6.94. The molecule has 3 heterocycles. The van der Waals surface area contributed by atoms with Crippen LogP contribution < -0.4 is 5.46 Å². The van der Waals surface area contributed by atoms with Crippen LogP contribution >= 0.6 is 0 Å². The summed E-state index contributed by atoms with van der Waals surface area (Å²) in [5.74, 6) is 0. The van der Waals surface area contributed by atoms with E-state index in [1.807, 2.05) is 24.3 Å². The Morgan fingerprint density at radius 2 is 1.30 bits per heavy atom. The zero-order chi connectivity index (χ0) is 22.5. The molecule has 6 aromatic rings. The molecular formula is C28H23BO4. The Hall–Kier alpha value is -3.28. The summed E-state index contributed by atoms with van der Waals surface area (Å²) in [4.78, 5) is 0. The maximum Gasteiger partial charge on any atom is 0.498 e. The van der Waals surface area contributed by atoms with Crippen LogP contribution in [0.1, 0.15) is 27.7 Å². The van der Waals surface area contributed by atoms with Crippen LogP contribution in [0.2, 0.25) is 0 Å². The number of fused-ring (bicyclic) bond motifs is 4. The molecule has 33 heavy (non-hydrogen) atoms. The third-order valence-corrected chi connectivity index (χ3v) is 7.53. The van der Waals surface area contributed by atoms with E-state index in [2.05, 4.69) is 70.2 Å². The molecule has 0 spiro atoms. The molecule has 1 saturated heterocycles. The van der Waals surface area contributed by atoms with E-state index in [0.717, 1.165) is 60.1 Å². The highest BCUT2D eigenvalue weighted by Gasteiger charge is 2.52. The van der Waals surface area contributed by atoms with Crippen molar-refractivity contribution in [3.05, 3.63) is 66.7 Å². The summed E-state index contributed by atoms with van der Waals surface area (Å²) in [6, 6.07) is 22.8. The monoisotopic (exact) mass is 434 g/mol. The minimum absolute atomic E-state index is 0.446. The van der Waals surface area contributed by atoms with Gasteiger partial charge in [0, 0.05) is 21.6 Å². The van der Waals surface area contributed by atoms with Crippen LogP contribution in [-0.2, 0) is 9.31 Å². The largest absolute Gasteiger partial charge is 0.498 e. The summed E-state index contributed by atoms with van der Waals surface area (Å²) in [6.45, 7) is 8.27. The van der Waals surface area contributed by atoms with E-state index in [9.17, 15) is 0 Å². The van der Waals surface area contributed by atoms with Crippen molar-refractivity contribution in [1.29, 1.82) is 0 Å². The second-order valence-corrected chi connectivity index (χ2v) is 9.99. The zero-order valence-corrected chi connectivity index (χ0v) is 19.1. The van der Waals surface area contributed by atoms with Gasteiger partial charge in [-0.05, 0) is 56.7 Å². The highest BCUT2D eigenvalue weighted by molar-refractivity contribution is 6.65. The Kier molecular flexibility index (Phi) is 3.60. The molecule has 2 aromatic heterocycles. The molecule has 4 aromatic carbocycles. The van der Waals surface area contributed by atoms with Gasteiger partial charge in [0.1, 0.15) is 22.3 Å². The van der Waals surface area contributed by atoms with Gasteiger partial charge in [0.05, 0.1) is 16.6 Å². The topological polar surface area (TPSA) is 44.7 Å². The average Bonchev–Trinajstić information content (AvgIpc) is 3.21. The van der Waals surface area contributed by atoms with Crippen LogP contribution in [0.25, 0.3) is 54.6 Å². The molecule has 0 unspecified atom stereocenters. The number of hydrogen-bond acceptors (Lipinski definition) is 4. The van der Waals surface area contributed by atoms with Crippen molar-refractivity contribution in [1.82, 2.24) is 0 Å². The summed E-state index contributed by atoms with van der Waals surface area (Å²) < 4.78 is 26.0. The molecule has 0 amide bonds. The van der Waals surface area contributed by atoms with Crippen molar-refractivity contribution in [3.63, 3.8) is 0 Å². The van der Waals surface area contributed by atoms with Gasteiger partial charge in [-0.15, -0.1) is 0 Å². The van der Waals surface area contributed by atoms with E-state index < -0.39 is 18.3 Å². The molecule has 4 nitrogen and oxygen atoms in total. The smallest absolute Gasteiger partial charge is 0.456 e. The Bertz CT molecular complexity index is 1720. The van der Waals surface area contributed by atoms with E-state index in [1.165, 1.54) is 0 Å². The molecule has 5 heteroatoms. The quantitative estimate of drug-likeness (QED) is 0.263. The molecule has 0 atom stereocenters. The van der Waals surface area contributed by atoms with Crippen molar-refractivity contribution >= 4 is 67.2 Å². The maximum atomic E-state index is 6.85. The van der Waals surface area contributed by atoms with Gasteiger partial charge in [0.25, 0.3) is 0 Å². The van der Waals surface area contributed by atoms with Gasteiger partial charge in [0.15, 0.2) is 0 Å². The van der Waals surface area contributed by atoms with Crippen molar-refractivity contribution in [2.24, 2.45) is 0 Å². The standard InChI is InChI=1S/C28H23BO4/c1-27(2)28(3,4)33-29(32-27)20-14-15-22-24-23-18(10-7-11-21(23)30-22)19-13-12-16-8-5-6-9-17(16)25(19)31-26(20)24/h5-15H,1-4H3. The van der Waals surface area contributed by atoms with Crippen molar-refractivity contribution < 1.29 is 18.1 Å². The predicted molar refractivity (Wildman–Crippen MR) is 134 cm³/mol. The minimum Gasteiger partial charge on any atom is -0.456 e. The van der Waals surface area contributed by atoms with E-state index in [1.54, 1.807) is 0 Å². The number of furan rings is 1. The molecule has 0 aliphatic carbocycles. The highest BCUT2D eigenvalue weighted by atomic mass is 16.7. The van der Waals surface area contributed by atoms with Crippen LogP contribution in [0.15, 0.2) is 75.6 Å². The number of rotatable bonds is 1. The lowest BCUT2D eigenvalue weighted by Crippen LogP contribution is -2.41. The molecule has 1 aliphatic heterocycles. The molecule has 1 aliphatic rings. The van der Waals surface area contributed by atoms with Gasteiger partial charge in [-0.3, -0.25) is 0 Å². The van der Waals surface area contributed by atoms with Crippen LogP contribution in [0.3, 0.4) is 0 Å². The average molecular weight is 434 g/mol. The Morgan fingerprint density at radius 1 is 0.576 bits per heavy atom. The molecule has 0 N–H and O–H groups in total. The van der Waals surface area contributed by atoms with Gasteiger partial charge in [-0.25, -0.2) is 0 Å². The Balaban J connectivity index is 1.69. The number of benzene rings is 4. The third-order valence-electron chi connectivity index (χ3n) is 7.53. The second kappa shape index (κ2) is 6.19. The van der Waals surface area contributed by atoms with Crippen molar-refractivity contribution in [3.8, 4) is 0 Å². The number of hydrogen-bond donors (Lipinski definition) is 0. The fraction of sp³-hybridized carbons (Fsp3) is 0.214. The fourth-order valence-electron chi connectivity index (χ4n) is 5.05. The summed E-state index contributed by atoms with van der Waals surface area (Å²) in [6.07, 6.45) is 0. The van der Waals surface area contributed by atoms with E-state index in [4.69, 9.17) is 18.1 Å². The fourth-order valence-corrected chi connectivity index (χ4v) is 5.05. The highest BCUT2D eigenvalue weighted by Crippen LogP contribution is 2.42. The van der Waals surface area contributed by atoms with Gasteiger partial charge in [-0.2, -0.15) is 0 Å². The lowest BCUT2D eigenvalue weighted by molar-refractivity contribution is 0.00578. The molecule has 162 valence electrons. The van der Waals surface area contributed by atoms with Crippen LogP contribution in [-0.4, -0.2) is 18.3 Å².